The quantitative estimate of drug-likeness (QED) is 0.678. The monoisotopic (exact) mass is 204 g/mol. The largest absolute Gasteiger partial charge is 0.398 e. The summed E-state index contributed by atoms with van der Waals surface area (Å²) in [5.41, 5.74) is -2.53. The highest BCUT2D eigenvalue weighted by Gasteiger charge is 2.30. The number of pyridine rings is 1. The molecule has 0 saturated heterocycles. The molecular formula is C6H4FNO4P. The number of carbonyl (C=O) groups excluding carboxylic acids is 1. The van der Waals surface area contributed by atoms with Crippen molar-refractivity contribution >= 4 is 13.1 Å². The second kappa shape index (κ2) is 3.33. The third kappa shape index (κ3) is 2.18. The van der Waals surface area contributed by atoms with Gasteiger partial charge in [-0.05, 0) is 6.07 Å². The molecule has 1 aromatic heterocycles. The van der Waals surface area contributed by atoms with Crippen LogP contribution in [-0.2, 0) is 4.57 Å². The summed E-state index contributed by atoms with van der Waals surface area (Å²) in [6.45, 7) is 0. The first kappa shape index (κ1) is 9.98. The van der Waals surface area contributed by atoms with Gasteiger partial charge in [0.25, 0.3) is 5.52 Å². The first-order chi connectivity index (χ1) is 5.93. The predicted octanol–water partition coefficient (Wildman–Crippen LogP) is 0.339. The average Bonchev–Trinajstić information content (AvgIpc) is 2.02. The maximum atomic E-state index is 12.7. The lowest BCUT2D eigenvalue weighted by Gasteiger charge is -2.01. The van der Waals surface area contributed by atoms with Gasteiger partial charge in [0.1, 0.15) is 0 Å². The lowest BCUT2D eigenvalue weighted by Crippen LogP contribution is -2.05. The third-order valence-electron chi connectivity index (χ3n) is 1.16. The van der Waals surface area contributed by atoms with Crippen LogP contribution in [0.4, 0.5) is 4.39 Å². The van der Waals surface area contributed by atoms with Gasteiger partial charge in [-0.2, -0.15) is 0 Å². The fourth-order valence-electron chi connectivity index (χ4n) is 0.634. The molecule has 0 aliphatic rings. The molecule has 5 nitrogen and oxygen atoms in total. The fourth-order valence-corrected chi connectivity index (χ4v) is 1.07. The molecule has 0 aliphatic carbocycles. The molecule has 7 heteroatoms. The second-order valence-corrected chi connectivity index (χ2v) is 3.60. The zero-order valence-corrected chi connectivity index (χ0v) is 7.03. The summed E-state index contributed by atoms with van der Waals surface area (Å²) in [6.07, 6.45) is 1.02. The van der Waals surface area contributed by atoms with Crippen LogP contribution in [-0.4, -0.2) is 20.3 Å². The summed E-state index contributed by atoms with van der Waals surface area (Å²) in [4.78, 5) is 30.8. The van der Waals surface area contributed by atoms with Crippen molar-refractivity contribution in [3.05, 3.63) is 29.8 Å². The highest BCUT2D eigenvalue weighted by molar-refractivity contribution is 7.70. The minimum atomic E-state index is -4.97. The summed E-state index contributed by atoms with van der Waals surface area (Å²) >= 11 is 0. The maximum Gasteiger partial charge on any atom is 0.398 e. The number of halogens is 1. The molecule has 0 fully saturated rings. The summed E-state index contributed by atoms with van der Waals surface area (Å²) in [6, 6.07) is 3.05. The van der Waals surface area contributed by atoms with Crippen LogP contribution >= 0.6 is 7.60 Å². The van der Waals surface area contributed by atoms with E-state index in [1.165, 1.54) is 0 Å². The van der Waals surface area contributed by atoms with Gasteiger partial charge in [0, 0.05) is 12.3 Å². The first-order valence-electron chi connectivity index (χ1n) is 3.05. The van der Waals surface area contributed by atoms with Crippen molar-refractivity contribution in [2.75, 3.05) is 0 Å². The Hall–Kier alpha value is -1.10. The van der Waals surface area contributed by atoms with Crippen LogP contribution < -0.4 is 0 Å². The normalized spacial score (nSPS) is 11.3. The van der Waals surface area contributed by atoms with E-state index in [4.69, 9.17) is 9.79 Å². The third-order valence-corrected chi connectivity index (χ3v) is 1.90. The molecule has 69 valence electrons. The lowest BCUT2D eigenvalue weighted by atomic mass is 10.3. The highest BCUT2D eigenvalue weighted by Crippen LogP contribution is 2.38. The van der Waals surface area contributed by atoms with E-state index in [9.17, 15) is 13.8 Å². The van der Waals surface area contributed by atoms with Gasteiger partial charge < -0.3 is 9.79 Å². The van der Waals surface area contributed by atoms with E-state index in [0.717, 1.165) is 12.3 Å². The van der Waals surface area contributed by atoms with E-state index in [2.05, 4.69) is 4.98 Å². The summed E-state index contributed by atoms with van der Waals surface area (Å²) in [5, 5.41) is 0. The first-order valence-corrected chi connectivity index (χ1v) is 4.67. The zero-order valence-electron chi connectivity index (χ0n) is 6.14. The maximum absolute atomic E-state index is 12.7. The molecule has 2 N–H and O–H groups in total. The van der Waals surface area contributed by atoms with E-state index >= 15 is 0 Å². The number of aromatic nitrogens is 1. The van der Waals surface area contributed by atoms with E-state index in [0.29, 0.717) is 0 Å². The molecule has 1 aromatic rings. The van der Waals surface area contributed by atoms with Crippen molar-refractivity contribution in [3.8, 4) is 0 Å². The Morgan fingerprint density at radius 3 is 2.69 bits per heavy atom. The molecule has 1 rings (SSSR count). The van der Waals surface area contributed by atoms with Gasteiger partial charge in [0.05, 0.1) is 0 Å². The Bertz CT molecular complexity index is 388. The number of rotatable bonds is 2. The Morgan fingerprint density at radius 2 is 2.23 bits per heavy atom. The van der Waals surface area contributed by atoms with Crippen LogP contribution in [0.2, 0.25) is 0 Å². The van der Waals surface area contributed by atoms with Crippen molar-refractivity contribution in [3.63, 3.8) is 0 Å². The van der Waals surface area contributed by atoms with Crippen molar-refractivity contribution in [1.29, 1.82) is 0 Å². The summed E-state index contributed by atoms with van der Waals surface area (Å²) in [7, 11) is -4.97. The van der Waals surface area contributed by atoms with Crippen LogP contribution in [0.1, 0.15) is 10.5 Å². The molecule has 1 heterocycles. The lowest BCUT2D eigenvalue weighted by molar-refractivity contribution is 0.103. The standard InChI is InChI=1S/C6H4FNO4P/c7-4-2-1-3-8-5(4)6(9)13(10,11)12/h1,3H,(H2,10,11,12). The van der Waals surface area contributed by atoms with E-state index in [1.807, 2.05) is 6.07 Å². The fraction of sp³-hybridized carbons (Fsp3) is 0. The summed E-state index contributed by atoms with van der Waals surface area (Å²) in [5.74, 6) is -1.17. The van der Waals surface area contributed by atoms with Crippen LogP contribution in [0, 0.1) is 11.9 Å². The SMILES string of the molecule is O=C(c1ncc[c]c1F)P(=O)(O)O. The molecule has 13 heavy (non-hydrogen) atoms. The van der Waals surface area contributed by atoms with Crippen LogP contribution in [0.15, 0.2) is 12.3 Å². The number of hydrogen-bond acceptors (Lipinski definition) is 3. The molecule has 0 amide bonds. The molecule has 0 spiro atoms. The van der Waals surface area contributed by atoms with Gasteiger partial charge >= 0.3 is 7.60 Å². The molecule has 0 aromatic carbocycles. The molecule has 0 aliphatic heterocycles. The molecule has 0 saturated carbocycles. The van der Waals surface area contributed by atoms with E-state index in [1.54, 1.807) is 0 Å². The molecule has 0 bridgehead atoms. The van der Waals surface area contributed by atoms with Gasteiger partial charge in [-0.3, -0.25) is 9.36 Å². The Balaban J connectivity index is 3.18. The Labute approximate surface area is 72.4 Å². The van der Waals surface area contributed by atoms with Crippen LogP contribution in [0.5, 0.6) is 0 Å². The van der Waals surface area contributed by atoms with Crippen LogP contribution in [0.3, 0.4) is 0 Å². The van der Waals surface area contributed by atoms with Gasteiger partial charge in [-0.25, -0.2) is 9.37 Å². The van der Waals surface area contributed by atoms with Gasteiger partial charge in [0.2, 0.25) is 0 Å². The molecular weight excluding hydrogens is 200 g/mol. The van der Waals surface area contributed by atoms with Crippen molar-refractivity contribution in [2.45, 2.75) is 0 Å². The molecule has 0 unspecified atom stereocenters. The number of hydrogen-bond donors (Lipinski definition) is 2. The van der Waals surface area contributed by atoms with Crippen molar-refractivity contribution in [1.82, 2.24) is 4.98 Å². The minimum Gasteiger partial charge on any atom is -0.319 e. The topological polar surface area (TPSA) is 87.5 Å². The van der Waals surface area contributed by atoms with Gasteiger partial charge in [0.15, 0.2) is 11.5 Å². The number of carbonyl (C=O) groups is 1. The van der Waals surface area contributed by atoms with Gasteiger partial charge in [-0.1, -0.05) is 0 Å². The van der Waals surface area contributed by atoms with E-state index < -0.39 is 24.6 Å². The zero-order chi connectivity index (χ0) is 10.1. The van der Waals surface area contributed by atoms with Crippen LogP contribution in [0.25, 0.3) is 0 Å². The van der Waals surface area contributed by atoms with Gasteiger partial charge in [-0.15, -0.1) is 0 Å². The Kier molecular flexibility index (Phi) is 2.56. The second-order valence-electron chi connectivity index (χ2n) is 2.10. The molecule has 0 atom stereocenters. The minimum absolute atomic E-state index is 0.893. The predicted molar refractivity (Wildman–Crippen MR) is 39.4 cm³/mol. The number of nitrogens with zero attached hydrogens (tertiary/aromatic N) is 1. The highest BCUT2D eigenvalue weighted by atomic mass is 31.2. The molecule has 1 radical (unpaired) electrons. The smallest absolute Gasteiger partial charge is 0.319 e. The van der Waals surface area contributed by atoms with Crippen molar-refractivity contribution in [2.24, 2.45) is 0 Å². The Morgan fingerprint density at radius 1 is 1.62 bits per heavy atom. The summed E-state index contributed by atoms with van der Waals surface area (Å²) < 4.78 is 23.1. The van der Waals surface area contributed by atoms with E-state index in [-0.39, 0.29) is 0 Å². The average molecular weight is 204 g/mol. The van der Waals surface area contributed by atoms with Crippen molar-refractivity contribution < 1.29 is 23.5 Å².